The van der Waals surface area contributed by atoms with Crippen molar-refractivity contribution in [2.24, 2.45) is 22.4 Å². The van der Waals surface area contributed by atoms with Crippen LogP contribution in [0.2, 0.25) is 0 Å². The zero-order valence-corrected chi connectivity index (χ0v) is 15.7. The molecule has 3 aliphatic carbocycles. The number of nitrogens with zero attached hydrogens (tertiary/aromatic N) is 2. The van der Waals surface area contributed by atoms with Crippen molar-refractivity contribution in [3.05, 3.63) is 33.4 Å². The Morgan fingerprint density at radius 2 is 2.04 bits per heavy atom. The van der Waals surface area contributed by atoms with Crippen molar-refractivity contribution in [2.75, 3.05) is 14.2 Å². The summed E-state index contributed by atoms with van der Waals surface area (Å²) < 4.78 is 5.26. The summed E-state index contributed by atoms with van der Waals surface area (Å²) in [5.74, 6) is 1.94. The van der Waals surface area contributed by atoms with Gasteiger partial charge in [0.25, 0.3) is 0 Å². The van der Waals surface area contributed by atoms with Gasteiger partial charge in [-0.2, -0.15) is 0 Å². The standard InChI is InChI=1S/C20H26N2O4/c1-20-11-10-13-12-6-8-17(25-2)19(22(23)24)15(12)5-4-14(13)16(20)7-9-18(20)21-26-3/h6,8,13-14,16H,4-5,7,9-11H2,1-3H3/b21-18-/t13-,14-,16+,20+/m1/s1. The van der Waals surface area contributed by atoms with Gasteiger partial charge in [-0.05, 0) is 67.9 Å². The molecule has 0 bridgehead atoms. The average Bonchev–Trinajstić information content (AvgIpc) is 2.97. The molecular formula is C20H26N2O4. The van der Waals surface area contributed by atoms with E-state index >= 15 is 0 Å². The average molecular weight is 358 g/mol. The van der Waals surface area contributed by atoms with Crippen LogP contribution < -0.4 is 4.74 Å². The minimum Gasteiger partial charge on any atom is -0.490 e. The number of rotatable bonds is 3. The molecule has 0 aliphatic heterocycles. The molecule has 2 saturated carbocycles. The number of hydrogen-bond acceptors (Lipinski definition) is 5. The summed E-state index contributed by atoms with van der Waals surface area (Å²) >= 11 is 0. The molecule has 0 spiro atoms. The fourth-order valence-electron chi connectivity index (χ4n) is 6.04. The summed E-state index contributed by atoms with van der Waals surface area (Å²) in [6, 6.07) is 3.85. The number of methoxy groups -OCH3 is 1. The first-order valence-corrected chi connectivity index (χ1v) is 9.46. The van der Waals surface area contributed by atoms with Crippen LogP contribution in [0.15, 0.2) is 17.3 Å². The molecule has 26 heavy (non-hydrogen) atoms. The Bertz CT molecular complexity index is 775. The molecule has 0 N–H and O–H groups in total. The van der Waals surface area contributed by atoms with Crippen LogP contribution in [0.5, 0.6) is 5.75 Å². The van der Waals surface area contributed by atoms with Crippen molar-refractivity contribution in [1.82, 2.24) is 0 Å². The van der Waals surface area contributed by atoms with E-state index in [9.17, 15) is 10.1 Å². The predicted octanol–water partition coefficient (Wildman–Crippen LogP) is 4.46. The molecular weight excluding hydrogens is 332 g/mol. The summed E-state index contributed by atoms with van der Waals surface area (Å²) in [6.45, 7) is 2.34. The van der Waals surface area contributed by atoms with E-state index in [1.165, 1.54) is 18.4 Å². The third kappa shape index (κ3) is 2.34. The lowest BCUT2D eigenvalue weighted by molar-refractivity contribution is -0.386. The summed E-state index contributed by atoms with van der Waals surface area (Å²) in [4.78, 5) is 16.5. The van der Waals surface area contributed by atoms with Crippen molar-refractivity contribution in [3.63, 3.8) is 0 Å². The number of benzene rings is 1. The van der Waals surface area contributed by atoms with Gasteiger partial charge >= 0.3 is 5.69 Å². The number of fused-ring (bicyclic) bond motifs is 5. The highest BCUT2D eigenvalue weighted by Crippen LogP contribution is 2.60. The number of nitro groups is 1. The minimum atomic E-state index is -0.274. The Balaban J connectivity index is 1.73. The van der Waals surface area contributed by atoms with Crippen molar-refractivity contribution < 1.29 is 14.5 Å². The van der Waals surface area contributed by atoms with Gasteiger partial charge in [-0.1, -0.05) is 18.1 Å². The molecule has 0 aromatic heterocycles. The second-order valence-corrected chi connectivity index (χ2v) is 8.07. The van der Waals surface area contributed by atoms with Gasteiger partial charge in [0.1, 0.15) is 7.11 Å². The Kier molecular flexibility index (Phi) is 4.16. The largest absolute Gasteiger partial charge is 0.490 e. The summed E-state index contributed by atoms with van der Waals surface area (Å²) in [5.41, 5.74) is 3.56. The number of ether oxygens (including phenoxy) is 1. The molecule has 1 aromatic rings. The van der Waals surface area contributed by atoms with Crippen LogP contribution in [-0.2, 0) is 11.3 Å². The van der Waals surface area contributed by atoms with E-state index in [0.29, 0.717) is 23.5 Å². The van der Waals surface area contributed by atoms with Gasteiger partial charge in [0.05, 0.1) is 17.7 Å². The van der Waals surface area contributed by atoms with Gasteiger partial charge in [0.15, 0.2) is 5.75 Å². The van der Waals surface area contributed by atoms with Crippen LogP contribution in [0.1, 0.15) is 56.1 Å². The van der Waals surface area contributed by atoms with E-state index < -0.39 is 0 Å². The van der Waals surface area contributed by atoms with Crippen molar-refractivity contribution in [1.29, 1.82) is 0 Å². The van der Waals surface area contributed by atoms with Crippen LogP contribution in [-0.4, -0.2) is 24.9 Å². The highest BCUT2D eigenvalue weighted by Gasteiger charge is 2.54. The lowest BCUT2D eigenvalue weighted by Crippen LogP contribution is -2.42. The normalized spacial score (nSPS) is 34.0. The SMILES string of the molecule is CO/N=C1/CC[C@H]2[C@@H]3CCc4c(ccc(OC)c4[N+](=O)[O-])[C@H]3CC[C@]12C. The third-order valence-corrected chi connectivity index (χ3v) is 7.19. The molecule has 1 aromatic carbocycles. The summed E-state index contributed by atoms with van der Waals surface area (Å²) in [5, 5.41) is 16.0. The molecule has 0 radical (unpaired) electrons. The smallest absolute Gasteiger partial charge is 0.314 e. The van der Waals surface area contributed by atoms with Crippen LogP contribution in [0.4, 0.5) is 5.69 Å². The van der Waals surface area contributed by atoms with Gasteiger partial charge in [-0.15, -0.1) is 0 Å². The van der Waals surface area contributed by atoms with Gasteiger partial charge < -0.3 is 9.57 Å². The van der Waals surface area contributed by atoms with Crippen molar-refractivity contribution in [2.45, 2.75) is 51.4 Å². The van der Waals surface area contributed by atoms with Crippen LogP contribution >= 0.6 is 0 Å². The maximum atomic E-state index is 11.7. The lowest BCUT2D eigenvalue weighted by atomic mass is 9.55. The molecule has 0 heterocycles. The molecule has 4 rings (SSSR count). The van der Waals surface area contributed by atoms with Crippen molar-refractivity contribution in [3.8, 4) is 5.75 Å². The van der Waals surface area contributed by atoms with E-state index in [4.69, 9.17) is 9.57 Å². The minimum absolute atomic E-state index is 0.118. The van der Waals surface area contributed by atoms with Gasteiger partial charge in [0, 0.05) is 11.0 Å². The third-order valence-electron chi connectivity index (χ3n) is 7.19. The zero-order chi connectivity index (χ0) is 18.5. The molecule has 140 valence electrons. The number of hydrogen-bond donors (Lipinski definition) is 0. The lowest BCUT2D eigenvalue weighted by Gasteiger charge is -2.48. The molecule has 0 amide bonds. The van der Waals surface area contributed by atoms with Crippen molar-refractivity contribution >= 4 is 11.4 Å². The molecule has 6 heteroatoms. The fourth-order valence-corrected chi connectivity index (χ4v) is 6.04. The molecule has 2 fully saturated rings. The number of oxime groups is 1. The maximum absolute atomic E-state index is 11.7. The zero-order valence-electron chi connectivity index (χ0n) is 15.7. The van der Waals surface area contributed by atoms with Crippen LogP contribution in [0, 0.1) is 27.4 Å². The van der Waals surface area contributed by atoms with Crippen LogP contribution in [0.25, 0.3) is 0 Å². The topological polar surface area (TPSA) is 74.0 Å². The monoisotopic (exact) mass is 358 g/mol. The first kappa shape index (κ1) is 17.3. The first-order valence-electron chi connectivity index (χ1n) is 9.46. The number of nitro benzene ring substituents is 1. The summed E-state index contributed by atoms with van der Waals surface area (Å²) in [7, 11) is 3.13. The Morgan fingerprint density at radius 1 is 1.23 bits per heavy atom. The molecule has 0 unspecified atom stereocenters. The fraction of sp³-hybridized carbons (Fsp3) is 0.650. The second kappa shape index (κ2) is 6.25. The Morgan fingerprint density at radius 3 is 2.73 bits per heavy atom. The van der Waals surface area contributed by atoms with Gasteiger partial charge in [-0.25, -0.2) is 0 Å². The first-order chi connectivity index (χ1) is 12.5. The molecule has 0 saturated heterocycles. The van der Waals surface area contributed by atoms with E-state index in [2.05, 4.69) is 18.1 Å². The highest BCUT2D eigenvalue weighted by molar-refractivity contribution is 5.92. The van der Waals surface area contributed by atoms with Gasteiger partial charge in [0.2, 0.25) is 0 Å². The quantitative estimate of drug-likeness (QED) is 0.590. The molecule has 4 atom stereocenters. The second-order valence-electron chi connectivity index (χ2n) is 8.07. The molecule has 6 nitrogen and oxygen atoms in total. The molecule has 3 aliphatic rings. The van der Waals surface area contributed by atoms with E-state index in [0.717, 1.165) is 44.1 Å². The Labute approximate surface area is 153 Å². The van der Waals surface area contributed by atoms with Gasteiger partial charge in [-0.3, -0.25) is 10.1 Å². The van der Waals surface area contributed by atoms with Crippen LogP contribution in [0.3, 0.4) is 0 Å². The van der Waals surface area contributed by atoms with E-state index in [1.807, 2.05) is 0 Å². The van der Waals surface area contributed by atoms with E-state index in [-0.39, 0.29) is 16.0 Å². The van der Waals surface area contributed by atoms with E-state index in [1.54, 1.807) is 13.2 Å². The highest BCUT2D eigenvalue weighted by atomic mass is 16.6. The summed E-state index contributed by atoms with van der Waals surface area (Å²) in [6.07, 6.45) is 6.04. The Hall–Kier alpha value is -2.11. The maximum Gasteiger partial charge on any atom is 0.314 e. The predicted molar refractivity (Wildman–Crippen MR) is 98.7 cm³/mol.